The minimum Gasteiger partial charge on any atom is -0.300 e. The second kappa shape index (κ2) is 6.17. The summed E-state index contributed by atoms with van der Waals surface area (Å²) in [5.41, 5.74) is 0. The Morgan fingerprint density at radius 3 is 2.62 bits per heavy atom. The minimum absolute atomic E-state index is 0.499. The molecule has 0 spiro atoms. The Morgan fingerprint density at radius 2 is 2.00 bits per heavy atom. The van der Waals surface area contributed by atoms with Crippen LogP contribution in [0.25, 0.3) is 0 Å². The topological polar surface area (TPSA) is 17.1 Å². The van der Waals surface area contributed by atoms with Crippen LogP contribution in [0, 0.1) is 5.92 Å². The first kappa shape index (κ1) is 10.7. The van der Waals surface area contributed by atoms with E-state index in [4.69, 9.17) is 0 Å². The van der Waals surface area contributed by atoms with E-state index in [1.54, 1.807) is 0 Å². The van der Waals surface area contributed by atoms with Gasteiger partial charge >= 0.3 is 0 Å². The highest BCUT2D eigenvalue weighted by Gasteiger charge is 2.20. The predicted molar refractivity (Wildman–Crippen MR) is 55.7 cm³/mol. The Bertz CT molecular complexity index is 151. The zero-order valence-electron chi connectivity index (χ0n) is 8.85. The van der Waals surface area contributed by atoms with Crippen LogP contribution in [0.3, 0.4) is 0 Å². The van der Waals surface area contributed by atoms with Crippen LogP contribution < -0.4 is 0 Å². The molecular formula is C12H22O. The van der Waals surface area contributed by atoms with Gasteiger partial charge in [0.15, 0.2) is 0 Å². The lowest BCUT2D eigenvalue weighted by molar-refractivity contribution is -0.117. The largest absolute Gasteiger partial charge is 0.300 e. The number of carbonyl (C=O) groups is 1. The zero-order chi connectivity index (χ0) is 9.52. The molecule has 1 nitrogen and oxygen atoms in total. The number of rotatable bonds is 6. The van der Waals surface area contributed by atoms with Gasteiger partial charge < -0.3 is 0 Å². The molecule has 0 aliphatic heterocycles. The molecule has 1 aliphatic carbocycles. The molecule has 0 N–H and O–H groups in total. The van der Waals surface area contributed by atoms with Gasteiger partial charge in [-0.2, -0.15) is 0 Å². The fraction of sp³-hybridized carbons (Fsp3) is 0.917. The third-order valence-electron chi connectivity index (χ3n) is 3.06. The van der Waals surface area contributed by atoms with Gasteiger partial charge in [0.25, 0.3) is 0 Å². The van der Waals surface area contributed by atoms with Crippen molar-refractivity contribution in [3.8, 4) is 0 Å². The van der Waals surface area contributed by atoms with Crippen LogP contribution in [0.2, 0.25) is 0 Å². The minimum atomic E-state index is 0.499. The van der Waals surface area contributed by atoms with E-state index in [1.807, 2.05) is 0 Å². The third-order valence-corrected chi connectivity index (χ3v) is 3.06. The lowest BCUT2D eigenvalue weighted by atomic mass is 9.99. The van der Waals surface area contributed by atoms with E-state index in [9.17, 15) is 4.79 Å². The van der Waals surface area contributed by atoms with Crippen molar-refractivity contribution in [3.63, 3.8) is 0 Å². The Morgan fingerprint density at radius 1 is 1.23 bits per heavy atom. The lowest BCUT2D eigenvalue weighted by Crippen LogP contribution is -1.95. The molecule has 0 unspecified atom stereocenters. The van der Waals surface area contributed by atoms with Crippen molar-refractivity contribution in [2.75, 3.05) is 0 Å². The van der Waals surface area contributed by atoms with E-state index >= 15 is 0 Å². The molecule has 1 fully saturated rings. The standard InChI is InChI=1S/C12H22O/c1-2-3-4-5-6-7-11-8-9-12(13)10-11/h11H,2-10H2,1H3/t11-/m1/s1. The summed E-state index contributed by atoms with van der Waals surface area (Å²) < 4.78 is 0. The molecule has 1 saturated carbocycles. The van der Waals surface area contributed by atoms with Crippen LogP contribution >= 0.6 is 0 Å². The molecule has 1 atom stereocenters. The summed E-state index contributed by atoms with van der Waals surface area (Å²) in [5.74, 6) is 1.24. The number of ketones is 1. The van der Waals surface area contributed by atoms with Crippen LogP contribution in [0.15, 0.2) is 0 Å². The van der Waals surface area contributed by atoms with Crippen molar-refractivity contribution < 1.29 is 4.79 Å². The normalized spacial score (nSPS) is 22.5. The lowest BCUT2D eigenvalue weighted by Gasteiger charge is -2.06. The van der Waals surface area contributed by atoms with Crippen LogP contribution in [0.4, 0.5) is 0 Å². The van der Waals surface area contributed by atoms with E-state index < -0.39 is 0 Å². The fourth-order valence-corrected chi connectivity index (χ4v) is 2.17. The molecule has 0 radical (unpaired) electrons. The number of Topliss-reactive ketones (excluding diaryl/α,β-unsaturated/α-hetero) is 1. The van der Waals surface area contributed by atoms with Crippen LogP contribution in [0.1, 0.15) is 64.7 Å². The summed E-state index contributed by atoms with van der Waals surface area (Å²) in [6.45, 7) is 2.25. The van der Waals surface area contributed by atoms with Gasteiger partial charge in [-0.3, -0.25) is 4.79 Å². The molecule has 13 heavy (non-hydrogen) atoms. The summed E-state index contributed by atoms with van der Waals surface area (Å²) in [5, 5.41) is 0. The highest BCUT2D eigenvalue weighted by molar-refractivity contribution is 5.80. The summed E-state index contributed by atoms with van der Waals surface area (Å²) >= 11 is 0. The van der Waals surface area contributed by atoms with Gasteiger partial charge in [0, 0.05) is 12.8 Å². The average molecular weight is 182 g/mol. The van der Waals surface area contributed by atoms with Crippen molar-refractivity contribution in [1.29, 1.82) is 0 Å². The Kier molecular flexibility index (Phi) is 5.10. The molecule has 0 amide bonds. The second-order valence-electron chi connectivity index (χ2n) is 4.35. The van der Waals surface area contributed by atoms with Gasteiger partial charge in [0.1, 0.15) is 5.78 Å². The molecule has 0 heterocycles. The van der Waals surface area contributed by atoms with Crippen molar-refractivity contribution in [2.24, 2.45) is 5.92 Å². The zero-order valence-corrected chi connectivity index (χ0v) is 8.85. The van der Waals surface area contributed by atoms with Gasteiger partial charge in [-0.1, -0.05) is 45.4 Å². The highest BCUT2D eigenvalue weighted by atomic mass is 16.1. The Labute approximate surface area is 81.9 Å². The molecule has 0 saturated heterocycles. The molecular weight excluding hydrogens is 160 g/mol. The third kappa shape index (κ3) is 4.44. The van der Waals surface area contributed by atoms with Gasteiger partial charge in [0.2, 0.25) is 0 Å². The maximum Gasteiger partial charge on any atom is 0.133 e. The van der Waals surface area contributed by atoms with E-state index in [0.29, 0.717) is 5.78 Å². The smallest absolute Gasteiger partial charge is 0.133 e. The number of carbonyl (C=O) groups excluding carboxylic acids is 1. The first-order valence-corrected chi connectivity index (χ1v) is 5.84. The highest BCUT2D eigenvalue weighted by Crippen LogP contribution is 2.26. The maximum absolute atomic E-state index is 11.0. The predicted octanol–water partition coefficient (Wildman–Crippen LogP) is 3.72. The molecule has 0 aromatic carbocycles. The maximum atomic E-state index is 11.0. The molecule has 0 bridgehead atoms. The Hall–Kier alpha value is -0.330. The van der Waals surface area contributed by atoms with Crippen molar-refractivity contribution in [3.05, 3.63) is 0 Å². The first-order valence-electron chi connectivity index (χ1n) is 5.84. The fourth-order valence-electron chi connectivity index (χ4n) is 2.17. The van der Waals surface area contributed by atoms with Gasteiger partial charge in [-0.25, -0.2) is 0 Å². The number of hydrogen-bond acceptors (Lipinski definition) is 1. The van der Waals surface area contributed by atoms with Crippen LogP contribution in [-0.4, -0.2) is 5.78 Å². The number of unbranched alkanes of at least 4 members (excludes halogenated alkanes) is 4. The van der Waals surface area contributed by atoms with E-state index in [-0.39, 0.29) is 0 Å². The second-order valence-corrected chi connectivity index (χ2v) is 4.35. The molecule has 1 rings (SSSR count). The van der Waals surface area contributed by atoms with E-state index in [0.717, 1.165) is 18.8 Å². The molecule has 1 aliphatic rings. The molecule has 76 valence electrons. The summed E-state index contributed by atoms with van der Waals surface area (Å²) in [6.07, 6.45) is 11.0. The van der Waals surface area contributed by atoms with E-state index in [2.05, 4.69) is 6.92 Å². The first-order chi connectivity index (χ1) is 6.33. The quantitative estimate of drug-likeness (QED) is 0.572. The summed E-state index contributed by atoms with van der Waals surface area (Å²) in [7, 11) is 0. The number of hydrogen-bond donors (Lipinski definition) is 0. The van der Waals surface area contributed by atoms with E-state index in [1.165, 1.54) is 44.9 Å². The van der Waals surface area contributed by atoms with Gasteiger partial charge in [-0.15, -0.1) is 0 Å². The van der Waals surface area contributed by atoms with Crippen LogP contribution in [-0.2, 0) is 4.79 Å². The van der Waals surface area contributed by atoms with Crippen molar-refractivity contribution >= 4 is 5.78 Å². The SMILES string of the molecule is CCCCCCC[C@@H]1CCC(=O)C1. The summed E-state index contributed by atoms with van der Waals surface area (Å²) in [6, 6.07) is 0. The molecule has 0 aromatic rings. The monoisotopic (exact) mass is 182 g/mol. The Balaban J connectivity index is 1.91. The average Bonchev–Trinajstić information content (AvgIpc) is 2.51. The van der Waals surface area contributed by atoms with Crippen molar-refractivity contribution in [2.45, 2.75) is 64.7 Å². The molecule has 0 aromatic heterocycles. The van der Waals surface area contributed by atoms with Gasteiger partial charge in [0.05, 0.1) is 0 Å². The van der Waals surface area contributed by atoms with Gasteiger partial charge in [-0.05, 0) is 12.3 Å². The molecule has 1 heteroatoms. The van der Waals surface area contributed by atoms with Crippen molar-refractivity contribution in [1.82, 2.24) is 0 Å². The summed E-state index contributed by atoms with van der Waals surface area (Å²) in [4.78, 5) is 11.0. The van der Waals surface area contributed by atoms with Crippen LogP contribution in [0.5, 0.6) is 0 Å².